The van der Waals surface area contributed by atoms with Gasteiger partial charge in [0.1, 0.15) is 22.9 Å². The lowest BCUT2D eigenvalue weighted by molar-refractivity contribution is 1.07. The van der Waals surface area contributed by atoms with E-state index in [9.17, 15) is 0 Å². The van der Waals surface area contributed by atoms with Gasteiger partial charge in [0.25, 0.3) is 0 Å². The van der Waals surface area contributed by atoms with Gasteiger partial charge in [-0.3, -0.25) is 0 Å². The number of anilines is 1. The summed E-state index contributed by atoms with van der Waals surface area (Å²) in [5.74, 6) is 1.19. The van der Waals surface area contributed by atoms with Crippen LogP contribution >= 0.6 is 23.5 Å². The molecule has 0 atom stereocenters. The number of rotatable bonds is 3. The quantitative estimate of drug-likeness (QED) is 0.558. The zero-order chi connectivity index (χ0) is 14.2. The molecule has 3 N–H and O–H groups in total. The predicted molar refractivity (Wildman–Crippen MR) is 83.1 cm³/mol. The van der Waals surface area contributed by atoms with E-state index in [4.69, 9.17) is 5.73 Å². The Kier molecular flexibility index (Phi) is 2.93. The highest BCUT2D eigenvalue weighted by molar-refractivity contribution is 7.98. The van der Waals surface area contributed by atoms with E-state index in [0.717, 1.165) is 21.9 Å². The highest BCUT2D eigenvalue weighted by Crippen LogP contribution is 2.25. The molecule has 4 rings (SSSR count). The van der Waals surface area contributed by atoms with Crippen molar-refractivity contribution in [2.24, 2.45) is 0 Å². The minimum Gasteiger partial charge on any atom is -0.382 e. The number of hydrogen-bond donors (Lipinski definition) is 2. The zero-order valence-electron chi connectivity index (χ0n) is 10.6. The van der Waals surface area contributed by atoms with Crippen molar-refractivity contribution in [3.8, 4) is 0 Å². The van der Waals surface area contributed by atoms with Crippen molar-refractivity contribution in [2.45, 2.75) is 10.9 Å². The van der Waals surface area contributed by atoms with Crippen molar-refractivity contribution in [1.82, 2.24) is 28.7 Å². The Morgan fingerprint density at radius 2 is 2.10 bits per heavy atom. The Labute approximate surface area is 127 Å². The van der Waals surface area contributed by atoms with Crippen molar-refractivity contribution in [3.63, 3.8) is 0 Å². The zero-order valence-corrected chi connectivity index (χ0v) is 12.3. The lowest BCUT2D eigenvalue weighted by atomic mass is 10.2. The first-order valence-electron chi connectivity index (χ1n) is 6.10. The Bertz CT molecular complexity index is 930. The molecule has 0 bridgehead atoms. The summed E-state index contributed by atoms with van der Waals surface area (Å²) in [6.07, 6.45) is 1.41. The smallest absolute Gasteiger partial charge is 0.183 e. The summed E-state index contributed by atoms with van der Waals surface area (Å²) in [6, 6.07) is 6.08. The third-order valence-corrected chi connectivity index (χ3v) is 4.49. The van der Waals surface area contributed by atoms with Crippen molar-refractivity contribution < 1.29 is 0 Å². The number of aromatic amines is 1. The van der Waals surface area contributed by atoms with Crippen molar-refractivity contribution in [2.75, 3.05) is 5.73 Å². The predicted octanol–water partition coefficient (Wildman–Crippen LogP) is 2.23. The molecule has 0 aliphatic heterocycles. The Hall–Kier alpha value is -2.26. The summed E-state index contributed by atoms with van der Waals surface area (Å²) < 4.78 is 8.44. The normalized spacial score (nSPS) is 11.4. The van der Waals surface area contributed by atoms with Crippen LogP contribution < -0.4 is 5.73 Å². The van der Waals surface area contributed by atoms with E-state index in [1.165, 1.54) is 23.6 Å². The number of thioether (sulfide) groups is 1. The molecule has 0 fully saturated rings. The van der Waals surface area contributed by atoms with Crippen molar-refractivity contribution in [3.05, 3.63) is 30.1 Å². The number of hydrogen-bond acceptors (Lipinski definition) is 8. The Morgan fingerprint density at radius 1 is 1.19 bits per heavy atom. The molecule has 0 aliphatic rings. The number of aromatic nitrogens is 6. The number of nitrogens with two attached hydrogens (primary N) is 1. The summed E-state index contributed by atoms with van der Waals surface area (Å²) in [6.45, 7) is 0. The first-order chi connectivity index (χ1) is 10.3. The SMILES string of the molecule is Nc1ncnc2nc(SCc3ccc4nsnc4c3)[nH]c12. The van der Waals surface area contributed by atoms with Crippen LogP contribution in [0.25, 0.3) is 22.2 Å². The largest absolute Gasteiger partial charge is 0.382 e. The number of H-pyrrole nitrogens is 1. The van der Waals surface area contributed by atoms with Crippen molar-refractivity contribution >= 4 is 51.5 Å². The number of benzene rings is 1. The molecule has 9 heteroatoms. The molecule has 3 aromatic heterocycles. The third-order valence-electron chi connectivity index (χ3n) is 2.99. The van der Waals surface area contributed by atoms with Gasteiger partial charge in [-0.15, -0.1) is 0 Å². The first-order valence-corrected chi connectivity index (χ1v) is 7.81. The molecule has 1 aromatic carbocycles. The summed E-state index contributed by atoms with van der Waals surface area (Å²) in [4.78, 5) is 15.6. The average Bonchev–Trinajstić information content (AvgIpc) is 3.11. The van der Waals surface area contributed by atoms with Crippen LogP contribution in [0, 0.1) is 0 Å². The maximum absolute atomic E-state index is 5.78. The highest BCUT2D eigenvalue weighted by atomic mass is 32.2. The summed E-state index contributed by atoms with van der Waals surface area (Å²) in [7, 11) is 0. The van der Waals surface area contributed by atoms with E-state index in [0.29, 0.717) is 17.0 Å². The molecule has 7 nitrogen and oxygen atoms in total. The van der Waals surface area contributed by atoms with Crippen LogP contribution in [0.4, 0.5) is 5.82 Å². The van der Waals surface area contributed by atoms with Crippen LogP contribution in [0.2, 0.25) is 0 Å². The molecule has 4 aromatic rings. The summed E-state index contributed by atoms with van der Waals surface area (Å²) >= 11 is 2.81. The van der Waals surface area contributed by atoms with Gasteiger partial charge in [-0.2, -0.15) is 8.75 Å². The van der Waals surface area contributed by atoms with Gasteiger partial charge in [0.15, 0.2) is 16.6 Å². The third kappa shape index (κ3) is 2.30. The molecule has 0 saturated heterocycles. The van der Waals surface area contributed by atoms with Crippen LogP contribution in [0.1, 0.15) is 5.56 Å². The van der Waals surface area contributed by atoms with Crippen LogP contribution in [-0.2, 0) is 5.75 Å². The van der Waals surface area contributed by atoms with Gasteiger partial charge in [0.2, 0.25) is 0 Å². The molecule has 0 unspecified atom stereocenters. The van der Waals surface area contributed by atoms with Crippen LogP contribution in [0.3, 0.4) is 0 Å². The molecule has 0 aliphatic carbocycles. The summed E-state index contributed by atoms with van der Waals surface area (Å²) in [5, 5.41) is 0.772. The van der Waals surface area contributed by atoms with E-state index in [1.807, 2.05) is 18.2 Å². The van der Waals surface area contributed by atoms with Gasteiger partial charge >= 0.3 is 0 Å². The van der Waals surface area contributed by atoms with Gasteiger partial charge in [-0.1, -0.05) is 17.8 Å². The van der Waals surface area contributed by atoms with E-state index >= 15 is 0 Å². The monoisotopic (exact) mass is 315 g/mol. The van der Waals surface area contributed by atoms with Gasteiger partial charge in [0, 0.05) is 5.75 Å². The lowest BCUT2D eigenvalue weighted by Crippen LogP contribution is -1.91. The second-order valence-corrected chi connectivity index (χ2v) is 5.87. The fourth-order valence-electron chi connectivity index (χ4n) is 1.96. The van der Waals surface area contributed by atoms with E-state index in [2.05, 4.69) is 28.7 Å². The van der Waals surface area contributed by atoms with E-state index < -0.39 is 0 Å². The van der Waals surface area contributed by atoms with Crippen LogP contribution in [0.5, 0.6) is 0 Å². The second kappa shape index (κ2) is 4.93. The molecular formula is C12H9N7S2. The van der Waals surface area contributed by atoms with Gasteiger partial charge in [-0.25, -0.2) is 15.0 Å². The average molecular weight is 315 g/mol. The molecule has 3 heterocycles. The lowest BCUT2D eigenvalue weighted by Gasteiger charge is -1.98. The molecule has 0 amide bonds. The Balaban J connectivity index is 1.58. The van der Waals surface area contributed by atoms with E-state index in [1.54, 1.807) is 11.8 Å². The molecule has 104 valence electrons. The number of fused-ring (bicyclic) bond motifs is 2. The van der Waals surface area contributed by atoms with Gasteiger partial charge in [-0.05, 0) is 17.7 Å². The second-order valence-electron chi connectivity index (χ2n) is 4.38. The number of nitrogen functional groups attached to an aromatic ring is 1. The van der Waals surface area contributed by atoms with Crippen molar-refractivity contribution in [1.29, 1.82) is 0 Å². The molecular weight excluding hydrogens is 306 g/mol. The highest BCUT2D eigenvalue weighted by Gasteiger charge is 2.08. The molecule has 21 heavy (non-hydrogen) atoms. The van der Waals surface area contributed by atoms with Crippen LogP contribution in [0.15, 0.2) is 29.7 Å². The summed E-state index contributed by atoms with van der Waals surface area (Å²) in [5.41, 5.74) is 10.1. The fourth-order valence-corrected chi connectivity index (χ4v) is 3.29. The minimum atomic E-state index is 0.411. The van der Waals surface area contributed by atoms with Gasteiger partial charge in [0.05, 0.1) is 11.7 Å². The topological polar surface area (TPSA) is 106 Å². The number of nitrogens with zero attached hydrogens (tertiary/aromatic N) is 5. The number of nitrogens with one attached hydrogen (secondary N) is 1. The van der Waals surface area contributed by atoms with Crippen LogP contribution in [-0.4, -0.2) is 28.7 Å². The number of imidazole rings is 1. The maximum atomic E-state index is 5.78. The fraction of sp³-hybridized carbons (Fsp3) is 0.0833. The minimum absolute atomic E-state index is 0.411. The van der Waals surface area contributed by atoms with E-state index in [-0.39, 0.29) is 0 Å². The molecule has 0 saturated carbocycles. The molecule has 0 radical (unpaired) electrons. The standard InChI is InChI=1S/C12H9N7S2/c13-10-9-11(15-5-14-10)17-12(16-9)20-4-6-1-2-7-8(3-6)19-21-18-7/h1-3,5H,4H2,(H3,13,14,15,16,17). The maximum Gasteiger partial charge on any atom is 0.183 e. The Morgan fingerprint density at radius 3 is 3.00 bits per heavy atom. The van der Waals surface area contributed by atoms with Gasteiger partial charge < -0.3 is 10.7 Å². The first kappa shape index (κ1) is 12.5. The molecule has 0 spiro atoms.